The zero-order chi connectivity index (χ0) is 26.3. The van der Waals surface area contributed by atoms with Crippen molar-refractivity contribution in [3.63, 3.8) is 0 Å². The van der Waals surface area contributed by atoms with Gasteiger partial charge in [0.2, 0.25) is 5.82 Å². The van der Waals surface area contributed by atoms with E-state index in [9.17, 15) is 14.7 Å². The molecule has 0 radical (unpaired) electrons. The van der Waals surface area contributed by atoms with Crippen molar-refractivity contribution in [1.82, 2.24) is 9.66 Å². The minimum Gasteiger partial charge on any atom is -0.479 e. The highest BCUT2D eigenvalue weighted by atomic mass is 127. The predicted octanol–water partition coefficient (Wildman–Crippen LogP) is 6.52. The highest BCUT2D eigenvalue weighted by Crippen LogP contribution is 2.31. The van der Waals surface area contributed by atoms with Crippen LogP contribution in [0, 0.1) is 7.14 Å². The smallest absolute Gasteiger partial charge is 0.344 e. The van der Waals surface area contributed by atoms with Crippen molar-refractivity contribution in [3.8, 4) is 17.3 Å². The molecule has 186 valence electrons. The highest BCUT2D eigenvalue weighted by Gasteiger charge is 2.18. The quantitative estimate of drug-likeness (QED) is 0.156. The third-order valence-corrected chi connectivity index (χ3v) is 7.53. The van der Waals surface area contributed by atoms with Gasteiger partial charge in [-0.05, 0) is 106 Å². The second kappa shape index (κ2) is 10.5. The van der Waals surface area contributed by atoms with E-state index >= 15 is 0 Å². The lowest BCUT2D eigenvalue weighted by atomic mass is 10.2. The molecule has 0 bridgehead atoms. The molecule has 0 spiro atoms. The molecular formula is C26H16BrI2N3O5. The van der Waals surface area contributed by atoms with Crippen LogP contribution in [0.1, 0.15) is 12.5 Å². The summed E-state index contributed by atoms with van der Waals surface area (Å²) in [5, 5.41) is 15.0. The number of ether oxygens (including phenoxy) is 1. The zero-order valence-electron chi connectivity index (χ0n) is 19.0. The number of nitrogens with zero attached hydrogens (tertiary/aromatic N) is 3. The number of aliphatic carboxylic acids is 1. The Morgan fingerprint density at radius 2 is 1.89 bits per heavy atom. The van der Waals surface area contributed by atoms with Gasteiger partial charge >= 0.3 is 5.97 Å². The van der Waals surface area contributed by atoms with E-state index < -0.39 is 12.1 Å². The summed E-state index contributed by atoms with van der Waals surface area (Å²) in [5.41, 5.74) is 1.56. The predicted molar refractivity (Wildman–Crippen MR) is 162 cm³/mol. The molecule has 0 amide bonds. The van der Waals surface area contributed by atoms with Gasteiger partial charge in [0.25, 0.3) is 5.56 Å². The molecule has 0 aliphatic heterocycles. The van der Waals surface area contributed by atoms with E-state index in [-0.39, 0.29) is 11.4 Å². The van der Waals surface area contributed by atoms with Gasteiger partial charge in [0.05, 0.1) is 24.3 Å². The summed E-state index contributed by atoms with van der Waals surface area (Å²) < 4.78 is 15.2. The third-order valence-electron chi connectivity index (χ3n) is 5.44. The molecule has 3 aromatic carbocycles. The number of fused-ring (bicyclic) bond motifs is 2. The van der Waals surface area contributed by atoms with Crippen LogP contribution >= 0.6 is 61.1 Å². The number of hydrogen-bond donors (Lipinski definition) is 1. The molecule has 0 saturated heterocycles. The van der Waals surface area contributed by atoms with Crippen molar-refractivity contribution in [1.29, 1.82) is 0 Å². The number of furan rings is 1. The number of benzene rings is 3. The first-order valence-electron chi connectivity index (χ1n) is 10.9. The Morgan fingerprint density at radius 3 is 2.62 bits per heavy atom. The summed E-state index contributed by atoms with van der Waals surface area (Å²) in [6.45, 7) is 1.47. The number of aromatic nitrogens is 2. The van der Waals surface area contributed by atoms with Crippen LogP contribution in [0.3, 0.4) is 0 Å². The molecule has 0 unspecified atom stereocenters. The summed E-state index contributed by atoms with van der Waals surface area (Å²) in [7, 11) is 0. The van der Waals surface area contributed by atoms with E-state index in [0.29, 0.717) is 40.7 Å². The van der Waals surface area contributed by atoms with Crippen LogP contribution in [0.15, 0.2) is 79.4 Å². The fraction of sp³-hybridized carbons (Fsp3) is 0.0769. The van der Waals surface area contributed by atoms with Gasteiger partial charge in [-0.25, -0.2) is 9.78 Å². The van der Waals surface area contributed by atoms with E-state index in [1.807, 2.05) is 30.3 Å². The number of hydrogen-bond acceptors (Lipinski definition) is 6. The molecule has 8 nitrogen and oxygen atoms in total. The van der Waals surface area contributed by atoms with E-state index in [0.717, 1.165) is 9.86 Å². The molecule has 0 saturated carbocycles. The van der Waals surface area contributed by atoms with Crippen molar-refractivity contribution in [2.75, 3.05) is 0 Å². The van der Waals surface area contributed by atoms with Crippen molar-refractivity contribution < 1.29 is 19.1 Å². The molecule has 0 aliphatic carbocycles. The van der Waals surface area contributed by atoms with Gasteiger partial charge in [-0.1, -0.05) is 28.1 Å². The summed E-state index contributed by atoms with van der Waals surface area (Å²) >= 11 is 7.64. The average Bonchev–Trinajstić information content (AvgIpc) is 3.28. The highest BCUT2D eigenvalue weighted by molar-refractivity contribution is 14.1. The Bertz CT molecular complexity index is 1760. The summed E-state index contributed by atoms with van der Waals surface area (Å²) in [5.74, 6) is 0.105. The molecule has 5 rings (SSSR count). The van der Waals surface area contributed by atoms with Crippen molar-refractivity contribution in [2.45, 2.75) is 13.0 Å². The fourth-order valence-electron chi connectivity index (χ4n) is 3.63. The normalized spacial score (nSPS) is 12.4. The van der Waals surface area contributed by atoms with E-state index in [1.165, 1.54) is 11.6 Å². The van der Waals surface area contributed by atoms with Gasteiger partial charge in [0.15, 0.2) is 11.9 Å². The number of carboxylic acids is 1. The summed E-state index contributed by atoms with van der Waals surface area (Å²) in [4.78, 5) is 29.4. The van der Waals surface area contributed by atoms with Gasteiger partial charge in [-0.2, -0.15) is 9.78 Å². The lowest BCUT2D eigenvalue weighted by molar-refractivity contribution is -0.144. The lowest BCUT2D eigenvalue weighted by Crippen LogP contribution is -2.23. The van der Waals surface area contributed by atoms with Crippen LogP contribution in [0.4, 0.5) is 0 Å². The van der Waals surface area contributed by atoms with Crippen LogP contribution in [0.25, 0.3) is 33.5 Å². The van der Waals surface area contributed by atoms with E-state index in [1.54, 1.807) is 36.5 Å². The summed E-state index contributed by atoms with van der Waals surface area (Å²) in [6, 6.07) is 18.1. The summed E-state index contributed by atoms with van der Waals surface area (Å²) in [6.07, 6.45) is 0.561. The Hall–Kier alpha value is -2.78. The van der Waals surface area contributed by atoms with Crippen molar-refractivity contribution >= 4 is 95.2 Å². The van der Waals surface area contributed by atoms with Gasteiger partial charge in [0.1, 0.15) is 11.3 Å². The maximum Gasteiger partial charge on any atom is 0.344 e. The second-order valence-corrected chi connectivity index (χ2v) is 11.3. The van der Waals surface area contributed by atoms with Crippen molar-refractivity contribution in [2.24, 2.45) is 5.10 Å². The maximum absolute atomic E-state index is 13.5. The largest absolute Gasteiger partial charge is 0.479 e. The monoisotopic (exact) mass is 783 g/mol. The molecule has 1 N–H and O–H groups in total. The molecule has 37 heavy (non-hydrogen) atoms. The van der Waals surface area contributed by atoms with E-state index in [4.69, 9.17) is 14.1 Å². The minimum atomic E-state index is -1.05. The number of carboxylic acid groups (broad SMARTS) is 1. The molecule has 1 atom stereocenters. The van der Waals surface area contributed by atoms with Crippen LogP contribution in [0.2, 0.25) is 0 Å². The third kappa shape index (κ3) is 5.29. The minimum absolute atomic E-state index is 0.270. The van der Waals surface area contributed by atoms with Crippen LogP contribution < -0.4 is 10.3 Å². The van der Waals surface area contributed by atoms with Crippen LogP contribution in [-0.2, 0) is 4.79 Å². The zero-order valence-corrected chi connectivity index (χ0v) is 24.9. The number of para-hydroxylation sites is 1. The standard InChI is InChI=1S/C26H16BrI2N3O5/c1-13(26(34)35)36-23-18(28)8-14(9-19(23)29)12-30-32-24(31-20-5-3-2-4-17(20)25(32)33)22-11-15-10-16(27)6-7-21(15)37-22/h2-13H,1H3,(H,34,35)/t13-/m0/s1. The topological polar surface area (TPSA) is 107 Å². The molecular weight excluding hydrogens is 768 g/mol. The van der Waals surface area contributed by atoms with Gasteiger partial charge in [-0.15, -0.1) is 0 Å². The average molecular weight is 784 g/mol. The maximum atomic E-state index is 13.5. The Labute approximate surface area is 245 Å². The number of carbonyl (C=O) groups is 1. The van der Waals surface area contributed by atoms with Crippen LogP contribution in [-0.4, -0.2) is 33.1 Å². The molecule has 2 heterocycles. The van der Waals surface area contributed by atoms with Crippen LogP contribution in [0.5, 0.6) is 5.75 Å². The Morgan fingerprint density at radius 1 is 1.16 bits per heavy atom. The van der Waals surface area contributed by atoms with Gasteiger partial charge in [0, 0.05) is 9.86 Å². The fourth-order valence-corrected chi connectivity index (χ4v) is 6.08. The van der Waals surface area contributed by atoms with E-state index in [2.05, 4.69) is 66.2 Å². The van der Waals surface area contributed by atoms with Gasteiger partial charge in [-0.3, -0.25) is 4.79 Å². The number of rotatable bonds is 6. The first-order valence-corrected chi connectivity index (χ1v) is 13.8. The van der Waals surface area contributed by atoms with Crippen molar-refractivity contribution in [3.05, 3.63) is 88.2 Å². The SMILES string of the molecule is C[C@H](Oc1c(I)cc(C=Nn2c(-c3cc4cc(Br)ccc4o3)nc3ccccc3c2=O)cc1I)C(=O)O. The molecule has 0 aliphatic rings. The number of halogens is 3. The molecule has 5 aromatic rings. The molecule has 2 aromatic heterocycles. The first-order chi connectivity index (χ1) is 17.7. The molecule has 0 fully saturated rings. The lowest BCUT2D eigenvalue weighted by Gasteiger charge is -2.14. The molecule has 11 heteroatoms. The second-order valence-electron chi connectivity index (χ2n) is 8.02. The first kappa shape index (κ1) is 25.9. The van der Waals surface area contributed by atoms with Gasteiger partial charge < -0.3 is 14.3 Å². The Kier molecular flexibility index (Phi) is 7.36. The Balaban J connectivity index is 1.62.